The average Bonchev–Trinajstić information content (AvgIpc) is 2.49. The summed E-state index contributed by atoms with van der Waals surface area (Å²) in [4.78, 5) is 24.9. The Morgan fingerprint density at radius 2 is 1.88 bits per heavy atom. The number of alkyl halides is 2. The second-order valence-electron chi connectivity index (χ2n) is 5.22. The molecule has 0 N–H and O–H groups in total. The van der Waals surface area contributed by atoms with Crippen molar-refractivity contribution in [3.8, 4) is 5.69 Å². The molecule has 0 amide bonds. The third-order valence-electron chi connectivity index (χ3n) is 3.87. The molecule has 0 radical (unpaired) electrons. The van der Waals surface area contributed by atoms with Crippen molar-refractivity contribution in [1.29, 1.82) is 0 Å². The van der Waals surface area contributed by atoms with Crippen LogP contribution < -0.4 is 11.2 Å². The van der Waals surface area contributed by atoms with Crippen LogP contribution in [0.25, 0.3) is 5.69 Å². The number of halogens is 4. The monoisotopic (exact) mass is 527 g/mol. The summed E-state index contributed by atoms with van der Waals surface area (Å²) < 4.78 is 41.4. The van der Waals surface area contributed by atoms with Crippen molar-refractivity contribution in [2.75, 3.05) is 0 Å². The fourth-order valence-electron chi connectivity index (χ4n) is 2.85. The maximum atomic E-state index is 14.1. The summed E-state index contributed by atoms with van der Waals surface area (Å²) in [6.45, 7) is -3.11. The molecular formula is C15H11ClF3N2O2W+. The topological polar surface area (TPSA) is 44.0 Å². The van der Waals surface area contributed by atoms with Crippen molar-refractivity contribution in [2.24, 2.45) is 0 Å². The van der Waals surface area contributed by atoms with Gasteiger partial charge in [-0.1, -0.05) is 5.02 Å². The fraction of sp³-hybridized carbons (Fsp3) is 0.333. The molecular weight excluding hydrogens is 516 g/mol. The van der Waals surface area contributed by atoms with Gasteiger partial charge in [-0.25, -0.2) is 13.8 Å². The Balaban J connectivity index is 0.00000208. The van der Waals surface area contributed by atoms with E-state index in [0.29, 0.717) is 17.4 Å². The predicted octanol–water partition coefficient (Wildman–Crippen LogP) is 2.86. The maximum Gasteiger partial charge on any atom is 2.00 e. The zero-order valence-corrected chi connectivity index (χ0v) is 15.9. The van der Waals surface area contributed by atoms with Crippen molar-refractivity contribution in [2.45, 2.75) is 32.2 Å². The van der Waals surface area contributed by atoms with Gasteiger partial charge in [0.25, 0.3) is 5.56 Å². The van der Waals surface area contributed by atoms with Crippen LogP contribution >= 0.6 is 11.6 Å². The van der Waals surface area contributed by atoms with Gasteiger partial charge in [-0.15, -0.1) is 23.7 Å². The zero-order valence-electron chi connectivity index (χ0n) is 12.2. The van der Waals surface area contributed by atoms with E-state index in [2.05, 4.69) is 6.07 Å². The fourth-order valence-corrected chi connectivity index (χ4v) is 3.00. The van der Waals surface area contributed by atoms with Crippen molar-refractivity contribution in [3.05, 3.63) is 61.1 Å². The van der Waals surface area contributed by atoms with Crippen LogP contribution in [0.1, 0.15) is 30.6 Å². The molecule has 1 aliphatic carbocycles. The minimum Gasteiger partial charge on any atom is -0.281 e. The summed E-state index contributed by atoms with van der Waals surface area (Å²) in [5, 5.41) is -0.0496. The van der Waals surface area contributed by atoms with Gasteiger partial charge in [0.15, 0.2) is 0 Å². The maximum absolute atomic E-state index is 14.1. The van der Waals surface area contributed by atoms with Crippen molar-refractivity contribution < 1.29 is 34.2 Å². The SMILES string of the molecule is O=c1c2c(n(C(F)F)c(=O)n1-c1c[c-]c(Cl)cc1F)CCCC2.[W+2]. The van der Waals surface area contributed by atoms with E-state index < -0.39 is 29.3 Å². The Bertz CT molecular complexity index is 896. The zero-order chi connectivity index (χ0) is 16.7. The predicted molar refractivity (Wildman–Crippen MR) is 78.0 cm³/mol. The van der Waals surface area contributed by atoms with E-state index in [1.807, 2.05) is 0 Å². The van der Waals surface area contributed by atoms with Crippen molar-refractivity contribution in [1.82, 2.24) is 9.13 Å². The summed E-state index contributed by atoms with van der Waals surface area (Å²) in [7, 11) is 0. The molecule has 9 heteroatoms. The second-order valence-corrected chi connectivity index (χ2v) is 5.62. The van der Waals surface area contributed by atoms with Gasteiger partial charge in [-0.2, -0.15) is 14.8 Å². The summed E-state index contributed by atoms with van der Waals surface area (Å²) >= 11 is 5.59. The van der Waals surface area contributed by atoms with E-state index >= 15 is 0 Å². The summed E-state index contributed by atoms with van der Waals surface area (Å²) in [5.41, 5.74) is -2.30. The normalized spacial score (nSPS) is 13.5. The van der Waals surface area contributed by atoms with Gasteiger partial charge in [0.05, 0.1) is 0 Å². The third kappa shape index (κ3) is 3.11. The van der Waals surface area contributed by atoms with Crippen LogP contribution in [0.3, 0.4) is 0 Å². The molecule has 0 atom stereocenters. The molecule has 2 aromatic rings. The molecule has 0 fully saturated rings. The minimum atomic E-state index is -3.11. The first-order valence-electron chi connectivity index (χ1n) is 6.96. The molecule has 1 heterocycles. The molecule has 126 valence electrons. The van der Waals surface area contributed by atoms with Crippen molar-refractivity contribution in [3.63, 3.8) is 0 Å². The van der Waals surface area contributed by atoms with Gasteiger partial charge in [0.2, 0.25) is 0 Å². The smallest absolute Gasteiger partial charge is 0.281 e. The molecule has 1 aromatic carbocycles. The Kier molecular flexibility index (Phi) is 5.76. The number of fused-ring (bicyclic) bond motifs is 1. The van der Waals surface area contributed by atoms with E-state index in [9.17, 15) is 22.8 Å². The number of benzene rings is 1. The van der Waals surface area contributed by atoms with E-state index in [4.69, 9.17) is 11.6 Å². The summed E-state index contributed by atoms with van der Waals surface area (Å²) in [5.74, 6) is -0.954. The molecule has 1 aliphatic rings. The first-order valence-corrected chi connectivity index (χ1v) is 7.34. The van der Waals surface area contributed by atoms with E-state index in [0.717, 1.165) is 12.1 Å². The van der Waals surface area contributed by atoms with Crippen molar-refractivity contribution >= 4 is 11.6 Å². The molecule has 1 aromatic heterocycles. The molecule has 3 rings (SSSR count). The van der Waals surface area contributed by atoms with Crippen LogP contribution in [0.4, 0.5) is 13.2 Å². The van der Waals surface area contributed by atoms with E-state index in [-0.39, 0.29) is 54.8 Å². The molecule has 0 aliphatic heterocycles. The van der Waals surface area contributed by atoms with Gasteiger partial charge in [-0.3, -0.25) is 9.36 Å². The van der Waals surface area contributed by atoms with Gasteiger partial charge >= 0.3 is 33.3 Å². The Morgan fingerprint density at radius 1 is 1.21 bits per heavy atom. The van der Waals surface area contributed by atoms with E-state index in [1.54, 1.807) is 0 Å². The first-order chi connectivity index (χ1) is 10.9. The minimum absolute atomic E-state index is 0. The Hall–Kier alpha value is -1.33. The summed E-state index contributed by atoms with van der Waals surface area (Å²) in [6, 6.07) is 4.33. The molecule has 4 nitrogen and oxygen atoms in total. The molecule has 0 spiro atoms. The standard InChI is InChI=1S/C15H11ClF3N2O2.W/c16-8-5-6-12(10(17)7-8)20-13(22)9-3-1-2-4-11(9)21(14(18)19)15(20)23;/h6-7,14H,1-4H2;/q-1;+2. The number of hydrogen-bond donors (Lipinski definition) is 0. The van der Waals surface area contributed by atoms with Gasteiger partial charge in [0, 0.05) is 17.1 Å². The summed E-state index contributed by atoms with van der Waals surface area (Å²) in [6.07, 6.45) is 1.77. The first kappa shape index (κ1) is 19.0. The van der Waals surface area contributed by atoms with Crippen LogP contribution in [0, 0.1) is 11.9 Å². The van der Waals surface area contributed by atoms with Crippen LogP contribution in [0.15, 0.2) is 21.7 Å². The Labute approximate surface area is 154 Å². The molecule has 0 saturated heterocycles. The van der Waals surface area contributed by atoms with Crippen LogP contribution in [-0.4, -0.2) is 9.13 Å². The quantitative estimate of drug-likeness (QED) is 0.564. The molecule has 24 heavy (non-hydrogen) atoms. The van der Waals surface area contributed by atoms with Crippen LogP contribution in [0.5, 0.6) is 0 Å². The molecule has 0 saturated carbocycles. The number of nitrogens with zero attached hydrogens (tertiary/aromatic N) is 2. The number of rotatable bonds is 2. The Morgan fingerprint density at radius 3 is 2.50 bits per heavy atom. The van der Waals surface area contributed by atoms with Gasteiger partial charge in [0.1, 0.15) is 0 Å². The molecule has 0 bridgehead atoms. The third-order valence-corrected chi connectivity index (χ3v) is 4.09. The van der Waals surface area contributed by atoms with Gasteiger partial charge < -0.3 is 0 Å². The number of aromatic nitrogens is 2. The van der Waals surface area contributed by atoms with Gasteiger partial charge in [-0.05, 0) is 31.4 Å². The van der Waals surface area contributed by atoms with Crippen LogP contribution in [-0.2, 0) is 33.9 Å². The average molecular weight is 528 g/mol. The van der Waals surface area contributed by atoms with Crippen LogP contribution in [0.2, 0.25) is 5.02 Å². The second kappa shape index (κ2) is 7.28. The largest absolute Gasteiger partial charge is 2.00 e. The molecule has 0 unspecified atom stereocenters. The van der Waals surface area contributed by atoms with E-state index in [1.165, 1.54) is 0 Å². The number of hydrogen-bond acceptors (Lipinski definition) is 2.